The molecular weight excluding hydrogens is 360 g/mol. The summed E-state index contributed by atoms with van der Waals surface area (Å²) in [5.74, 6) is 0.00603. The monoisotopic (exact) mass is 382 g/mol. The molecule has 4 heteroatoms. The van der Waals surface area contributed by atoms with Crippen molar-refractivity contribution in [2.24, 2.45) is 0 Å². The van der Waals surface area contributed by atoms with Crippen LogP contribution >= 0.6 is 0 Å². The van der Waals surface area contributed by atoms with Crippen LogP contribution in [0.3, 0.4) is 0 Å². The number of para-hydroxylation sites is 1. The number of rotatable bonds is 6. The van der Waals surface area contributed by atoms with E-state index >= 15 is 0 Å². The molecular formula is C25H22N2O2. The van der Waals surface area contributed by atoms with Gasteiger partial charge in [-0.2, -0.15) is 0 Å². The number of amides is 1. The van der Waals surface area contributed by atoms with Gasteiger partial charge in [0.15, 0.2) is 5.43 Å². The van der Waals surface area contributed by atoms with Crippen molar-refractivity contribution in [1.29, 1.82) is 0 Å². The molecule has 0 atom stereocenters. The number of hydrogen-bond acceptors (Lipinski definition) is 2. The largest absolute Gasteiger partial charge is 0.338 e. The van der Waals surface area contributed by atoms with E-state index in [4.69, 9.17) is 0 Å². The third-order valence-corrected chi connectivity index (χ3v) is 4.98. The van der Waals surface area contributed by atoms with Crippen LogP contribution in [0.15, 0.2) is 102 Å². The summed E-state index contributed by atoms with van der Waals surface area (Å²) in [6.07, 6.45) is 1.70. The Labute approximate surface area is 169 Å². The number of carbonyl (C=O) groups excluding carboxylic acids is 1. The van der Waals surface area contributed by atoms with Crippen molar-refractivity contribution in [2.45, 2.75) is 19.6 Å². The van der Waals surface area contributed by atoms with Gasteiger partial charge in [0.2, 0.25) is 5.91 Å². The smallest absolute Gasteiger partial charge is 0.243 e. The minimum Gasteiger partial charge on any atom is -0.338 e. The summed E-state index contributed by atoms with van der Waals surface area (Å²) < 4.78 is 1.85. The van der Waals surface area contributed by atoms with Gasteiger partial charge in [0.25, 0.3) is 0 Å². The third-order valence-electron chi connectivity index (χ3n) is 4.98. The van der Waals surface area contributed by atoms with Crippen LogP contribution in [0.1, 0.15) is 11.1 Å². The summed E-state index contributed by atoms with van der Waals surface area (Å²) in [7, 11) is 0. The van der Waals surface area contributed by atoms with Crippen LogP contribution < -0.4 is 5.43 Å². The van der Waals surface area contributed by atoms with Gasteiger partial charge in [-0.05, 0) is 23.3 Å². The van der Waals surface area contributed by atoms with Crippen LogP contribution in [0, 0.1) is 0 Å². The fourth-order valence-corrected chi connectivity index (χ4v) is 3.48. The fraction of sp³-hybridized carbons (Fsp3) is 0.120. The second-order valence-electron chi connectivity index (χ2n) is 7.05. The molecule has 4 nitrogen and oxygen atoms in total. The van der Waals surface area contributed by atoms with Gasteiger partial charge in [0.05, 0.1) is 5.52 Å². The zero-order valence-corrected chi connectivity index (χ0v) is 16.1. The summed E-state index contributed by atoms with van der Waals surface area (Å²) in [6.45, 7) is 1.25. The van der Waals surface area contributed by atoms with Crippen molar-refractivity contribution in [3.8, 4) is 0 Å². The Balaban J connectivity index is 1.63. The minimum atomic E-state index is -0.0327. The molecule has 0 saturated carbocycles. The van der Waals surface area contributed by atoms with Crippen molar-refractivity contribution >= 4 is 16.8 Å². The molecule has 0 aliphatic carbocycles. The first-order valence-corrected chi connectivity index (χ1v) is 9.64. The molecule has 0 radical (unpaired) electrons. The van der Waals surface area contributed by atoms with Gasteiger partial charge in [0.1, 0.15) is 6.54 Å². The number of fused-ring (bicyclic) bond motifs is 1. The third kappa shape index (κ3) is 4.43. The van der Waals surface area contributed by atoms with E-state index in [0.717, 1.165) is 16.6 Å². The van der Waals surface area contributed by atoms with E-state index in [1.165, 1.54) is 6.07 Å². The van der Waals surface area contributed by atoms with Crippen molar-refractivity contribution in [3.63, 3.8) is 0 Å². The molecule has 144 valence electrons. The Morgan fingerprint density at radius 2 is 1.28 bits per heavy atom. The van der Waals surface area contributed by atoms with Crippen LogP contribution in [0.4, 0.5) is 0 Å². The summed E-state index contributed by atoms with van der Waals surface area (Å²) >= 11 is 0. The Morgan fingerprint density at radius 1 is 0.724 bits per heavy atom. The molecule has 0 aliphatic rings. The highest BCUT2D eigenvalue weighted by Crippen LogP contribution is 2.14. The Morgan fingerprint density at radius 3 is 1.90 bits per heavy atom. The molecule has 0 saturated heterocycles. The summed E-state index contributed by atoms with van der Waals surface area (Å²) in [5.41, 5.74) is 2.91. The number of aromatic nitrogens is 1. The van der Waals surface area contributed by atoms with Crippen molar-refractivity contribution in [3.05, 3.63) is 119 Å². The van der Waals surface area contributed by atoms with E-state index in [-0.39, 0.29) is 17.9 Å². The molecule has 29 heavy (non-hydrogen) atoms. The number of hydrogen-bond donors (Lipinski definition) is 0. The molecule has 4 rings (SSSR count). The SMILES string of the molecule is O=C(Cn1ccc(=O)c2ccccc21)N(Cc1ccccc1)Cc1ccccc1. The first kappa shape index (κ1) is 18.7. The predicted molar refractivity (Wildman–Crippen MR) is 115 cm³/mol. The van der Waals surface area contributed by atoms with Crippen molar-refractivity contribution < 1.29 is 4.79 Å². The maximum atomic E-state index is 13.3. The van der Waals surface area contributed by atoms with E-state index in [1.54, 1.807) is 12.3 Å². The molecule has 0 aliphatic heterocycles. The standard InChI is InChI=1S/C25H22N2O2/c28-24-15-16-26(23-14-8-7-13-22(23)24)19-25(29)27(17-20-9-3-1-4-10-20)18-21-11-5-2-6-12-21/h1-16H,17-19H2. The van der Waals surface area contributed by atoms with Crippen LogP contribution in [-0.4, -0.2) is 15.4 Å². The summed E-state index contributed by atoms with van der Waals surface area (Å²) in [6, 6.07) is 28.9. The van der Waals surface area contributed by atoms with Crippen LogP contribution in [-0.2, 0) is 24.4 Å². The fourth-order valence-electron chi connectivity index (χ4n) is 3.48. The summed E-state index contributed by atoms with van der Waals surface area (Å²) in [5, 5.41) is 0.625. The summed E-state index contributed by atoms with van der Waals surface area (Å²) in [4.78, 5) is 27.3. The van der Waals surface area contributed by atoms with E-state index < -0.39 is 0 Å². The average Bonchev–Trinajstić information content (AvgIpc) is 2.77. The molecule has 3 aromatic carbocycles. The molecule has 1 amide bonds. The topological polar surface area (TPSA) is 42.3 Å². The molecule has 0 N–H and O–H groups in total. The molecule has 1 aromatic heterocycles. The maximum Gasteiger partial charge on any atom is 0.243 e. The van der Waals surface area contributed by atoms with E-state index in [9.17, 15) is 9.59 Å². The normalized spacial score (nSPS) is 10.8. The lowest BCUT2D eigenvalue weighted by Gasteiger charge is -2.24. The van der Waals surface area contributed by atoms with Crippen molar-refractivity contribution in [1.82, 2.24) is 9.47 Å². The minimum absolute atomic E-state index is 0.00603. The number of carbonyl (C=O) groups is 1. The zero-order valence-electron chi connectivity index (χ0n) is 16.1. The first-order chi connectivity index (χ1) is 14.2. The lowest BCUT2D eigenvalue weighted by Crippen LogP contribution is -2.33. The van der Waals surface area contributed by atoms with Gasteiger partial charge in [0, 0.05) is 30.7 Å². The quantitative estimate of drug-likeness (QED) is 0.501. The van der Waals surface area contributed by atoms with Gasteiger partial charge < -0.3 is 9.47 Å². The maximum absolute atomic E-state index is 13.3. The molecule has 0 unspecified atom stereocenters. The predicted octanol–water partition coefficient (Wildman–Crippen LogP) is 4.23. The van der Waals surface area contributed by atoms with Crippen LogP contribution in [0.2, 0.25) is 0 Å². The van der Waals surface area contributed by atoms with E-state index in [2.05, 4.69) is 0 Å². The van der Waals surface area contributed by atoms with Crippen LogP contribution in [0.25, 0.3) is 10.9 Å². The number of pyridine rings is 1. The van der Waals surface area contributed by atoms with Gasteiger partial charge in [-0.1, -0.05) is 72.8 Å². The van der Waals surface area contributed by atoms with Gasteiger partial charge in [-0.15, -0.1) is 0 Å². The highest BCUT2D eigenvalue weighted by atomic mass is 16.2. The average molecular weight is 382 g/mol. The van der Waals surface area contributed by atoms with E-state index in [1.807, 2.05) is 88.3 Å². The Bertz CT molecular complexity index is 1130. The highest BCUT2D eigenvalue weighted by molar-refractivity contribution is 5.82. The second-order valence-corrected chi connectivity index (χ2v) is 7.05. The molecule has 1 heterocycles. The molecule has 0 fully saturated rings. The Hall–Kier alpha value is -3.66. The van der Waals surface area contributed by atoms with Crippen molar-refractivity contribution in [2.75, 3.05) is 0 Å². The highest BCUT2D eigenvalue weighted by Gasteiger charge is 2.16. The van der Waals surface area contributed by atoms with E-state index in [0.29, 0.717) is 18.5 Å². The lowest BCUT2D eigenvalue weighted by molar-refractivity contribution is -0.133. The molecule has 4 aromatic rings. The second kappa shape index (κ2) is 8.57. The Kier molecular flexibility index (Phi) is 5.52. The van der Waals surface area contributed by atoms with Gasteiger partial charge in [-0.3, -0.25) is 9.59 Å². The van der Waals surface area contributed by atoms with Gasteiger partial charge >= 0.3 is 0 Å². The number of nitrogens with zero attached hydrogens (tertiary/aromatic N) is 2. The van der Waals surface area contributed by atoms with Gasteiger partial charge in [-0.25, -0.2) is 0 Å². The molecule has 0 spiro atoms. The number of benzene rings is 3. The first-order valence-electron chi connectivity index (χ1n) is 9.64. The zero-order chi connectivity index (χ0) is 20.1. The van der Waals surface area contributed by atoms with Crippen LogP contribution in [0.5, 0.6) is 0 Å². The molecule has 0 bridgehead atoms. The lowest BCUT2D eigenvalue weighted by atomic mass is 10.1.